The van der Waals surface area contributed by atoms with E-state index in [0.29, 0.717) is 17.3 Å². The molecule has 0 unspecified atom stereocenters. The first-order valence-corrected chi connectivity index (χ1v) is 6.33. The predicted octanol–water partition coefficient (Wildman–Crippen LogP) is 4.10. The molecule has 1 aromatic carbocycles. The second kappa shape index (κ2) is 6.04. The van der Waals surface area contributed by atoms with Crippen LogP contribution >= 0.6 is 23.2 Å². The van der Waals surface area contributed by atoms with Gasteiger partial charge in [-0.25, -0.2) is 14.4 Å². The first kappa shape index (κ1) is 13.8. The molecule has 4 nitrogen and oxygen atoms in total. The summed E-state index contributed by atoms with van der Waals surface area (Å²) in [5.41, 5.74) is 0.408. The van der Waals surface area contributed by atoms with Crippen molar-refractivity contribution in [2.45, 2.75) is 6.92 Å². The molecule has 0 radical (unpaired) electrons. The fourth-order valence-corrected chi connectivity index (χ4v) is 2.05. The van der Waals surface area contributed by atoms with E-state index in [0.717, 1.165) is 6.54 Å². The lowest BCUT2D eigenvalue weighted by Crippen LogP contribution is -2.02. The van der Waals surface area contributed by atoms with Crippen LogP contribution in [0.4, 0.5) is 21.7 Å². The van der Waals surface area contributed by atoms with Crippen LogP contribution in [-0.4, -0.2) is 16.5 Å². The summed E-state index contributed by atoms with van der Waals surface area (Å²) in [5.74, 6) is 0.701. The van der Waals surface area contributed by atoms with Gasteiger partial charge in [0.2, 0.25) is 0 Å². The maximum Gasteiger partial charge on any atom is 0.135 e. The second-order valence-corrected chi connectivity index (χ2v) is 4.50. The summed E-state index contributed by atoms with van der Waals surface area (Å²) in [6.45, 7) is 2.71. The number of nitrogens with one attached hydrogen (secondary N) is 2. The normalized spacial score (nSPS) is 10.3. The van der Waals surface area contributed by atoms with Crippen molar-refractivity contribution in [1.29, 1.82) is 0 Å². The molecule has 0 aliphatic heterocycles. The Hall–Kier alpha value is -1.59. The van der Waals surface area contributed by atoms with E-state index < -0.39 is 5.82 Å². The van der Waals surface area contributed by atoms with Crippen LogP contribution in [0.5, 0.6) is 0 Å². The molecule has 2 rings (SSSR count). The summed E-state index contributed by atoms with van der Waals surface area (Å²) >= 11 is 11.9. The smallest absolute Gasteiger partial charge is 0.135 e. The molecule has 0 amide bonds. The highest BCUT2D eigenvalue weighted by atomic mass is 35.5. The molecular weight excluding hydrogens is 290 g/mol. The minimum absolute atomic E-state index is 0.189. The van der Waals surface area contributed by atoms with Crippen LogP contribution in [0.25, 0.3) is 0 Å². The Kier molecular flexibility index (Phi) is 4.39. The van der Waals surface area contributed by atoms with Gasteiger partial charge in [0.05, 0.1) is 15.7 Å². The van der Waals surface area contributed by atoms with Crippen molar-refractivity contribution in [1.82, 2.24) is 9.97 Å². The molecular formula is C12H11Cl2FN4. The average molecular weight is 301 g/mol. The Morgan fingerprint density at radius 1 is 1.11 bits per heavy atom. The Morgan fingerprint density at radius 3 is 2.37 bits per heavy atom. The average Bonchev–Trinajstić information content (AvgIpc) is 2.35. The molecule has 7 heteroatoms. The monoisotopic (exact) mass is 300 g/mol. The van der Waals surface area contributed by atoms with Gasteiger partial charge in [-0.1, -0.05) is 23.2 Å². The molecule has 0 aliphatic carbocycles. The van der Waals surface area contributed by atoms with Crippen molar-refractivity contribution < 1.29 is 4.39 Å². The lowest BCUT2D eigenvalue weighted by molar-refractivity contribution is 0.628. The Balaban J connectivity index is 2.28. The van der Waals surface area contributed by atoms with Crippen molar-refractivity contribution >= 4 is 40.5 Å². The van der Waals surface area contributed by atoms with Crippen LogP contribution in [0.3, 0.4) is 0 Å². The minimum Gasteiger partial charge on any atom is -0.370 e. The van der Waals surface area contributed by atoms with Gasteiger partial charge in [0.1, 0.15) is 23.8 Å². The molecule has 0 saturated heterocycles. The lowest BCUT2D eigenvalue weighted by Gasteiger charge is -2.10. The molecule has 2 N–H and O–H groups in total. The predicted molar refractivity (Wildman–Crippen MR) is 75.9 cm³/mol. The lowest BCUT2D eigenvalue weighted by atomic mass is 10.3. The van der Waals surface area contributed by atoms with Crippen LogP contribution in [0.1, 0.15) is 6.92 Å². The standard InChI is InChI=1S/C12H11Cl2FN4/c1-2-16-10-5-11(18-6-17-10)19-12-8(13)3-7(15)4-9(12)14/h3-6H,2H2,1H3,(H2,16,17,18,19). The van der Waals surface area contributed by atoms with Gasteiger partial charge < -0.3 is 10.6 Å². The zero-order valence-corrected chi connectivity index (χ0v) is 11.6. The molecule has 0 fully saturated rings. The van der Waals surface area contributed by atoms with E-state index in [9.17, 15) is 4.39 Å². The van der Waals surface area contributed by atoms with Crippen molar-refractivity contribution in [3.63, 3.8) is 0 Å². The molecule has 0 saturated carbocycles. The van der Waals surface area contributed by atoms with Gasteiger partial charge in [0, 0.05) is 12.6 Å². The van der Waals surface area contributed by atoms with E-state index in [1.54, 1.807) is 6.07 Å². The molecule has 1 aromatic heterocycles. The van der Waals surface area contributed by atoms with Crippen molar-refractivity contribution in [3.8, 4) is 0 Å². The third kappa shape index (κ3) is 3.45. The van der Waals surface area contributed by atoms with Gasteiger partial charge in [-0.2, -0.15) is 0 Å². The molecule has 0 spiro atoms. The summed E-state index contributed by atoms with van der Waals surface area (Å²) in [6, 6.07) is 4.07. The van der Waals surface area contributed by atoms with E-state index in [1.165, 1.54) is 18.5 Å². The van der Waals surface area contributed by atoms with E-state index in [4.69, 9.17) is 23.2 Å². The third-order valence-corrected chi connectivity index (χ3v) is 2.88. The summed E-state index contributed by atoms with van der Waals surface area (Å²) in [5, 5.41) is 6.38. The molecule has 0 aliphatic rings. The van der Waals surface area contributed by atoms with Crippen molar-refractivity contribution in [2.75, 3.05) is 17.2 Å². The first-order chi connectivity index (χ1) is 9.10. The fourth-order valence-electron chi connectivity index (χ4n) is 1.49. The number of aromatic nitrogens is 2. The van der Waals surface area contributed by atoms with E-state index in [1.807, 2.05) is 6.92 Å². The Bertz CT molecular complexity index is 569. The van der Waals surface area contributed by atoms with Crippen LogP contribution in [0.15, 0.2) is 24.5 Å². The van der Waals surface area contributed by atoms with Crippen LogP contribution in [0, 0.1) is 5.82 Å². The third-order valence-electron chi connectivity index (χ3n) is 2.28. The largest absolute Gasteiger partial charge is 0.370 e. The maximum atomic E-state index is 13.1. The van der Waals surface area contributed by atoms with Gasteiger partial charge in [-0.3, -0.25) is 0 Å². The summed E-state index contributed by atoms with van der Waals surface area (Å²) in [7, 11) is 0. The van der Waals surface area contributed by atoms with Gasteiger partial charge in [0.15, 0.2) is 0 Å². The maximum absolute atomic E-state index is 13.1. The summed E-state index contributed by atoms with van der Waals surface area (Å²) in [4.78, 5) is 8.09. The van der Waals surface area contributed by atoms with Crippen LogP contribution in [0.2, 0.25) is 10.0 Å². The highest BCUT2D eigenvalue weighted by Crippen LogP contribution is 2.33. The number of anilines is 3. The van der Waals surface area contributed by atoms with E-state index in [2.05, 4.69) is 20.6 Å². The van der Waals surface area contributed by atoms with Crippen molar-refractivity contribution in [3.05, 3.63) is 40.4 Å². The molecule has 2 aromatic rings. The zero-order chi connectivity index (χ0) is 13.8. The number of benzene rings is 1. The Labute approximate surface area is 120 Å². The van der Waals surface area contributed by atoms with E-state index >= 15 is 0 Å². The number of nitrogens with zero attached hydrogens (tertiary/aromatic N) is 2. The molecule has 19 heavy (non-hydrogen) atoms. The van der Waals surface area contributed by atoms with E-state index in [-0.39, 0.29) is 10.0 Å². The topological polar surface area (TPSA) is 49.8 Å². The van der Waals surface area contributed by atoms with Crippen LogP contribution in [-0.2, 0) is 0 Å². The molecule has 100 valence electrons. The van der Waals surface area contributed by atoms with Crippen LogP contribution < -0.4 is 10.6 Å². The molecule has 0 bridgehead atoms. The number of hydrogen-bond donors (Lipinski definition) is 2. The van der Waals surface area contributed by atoms with Gasteiger partial charge in [0.25, 0.3) is 0 Å². The summed E-state index contributed by atoms with van der Waals surface area (Å²) < 4.78 is 13.1. The summed E-state index contributed by atoms with van der Waals surface area (Å²) in [6.07, 6.45) is 1.41. The quantitative estimate of drug-likeness (QED) is 0.892. The minimum atomic E-state index is -0.489. The first-order valence-electron chi connectivity index (χ1n) is 5.57. The zero-order valence-electron chi connectivity index (χ0n) is 10.0. The molecule has 1 heterocycles. The fraction of sp³-hybridized carbons (Fsp3) is 0.167. The van der Waals surface area contributed by atoms with Crippen molar-refractivity contribution in [2.24, 2.45) is 0 Å². The second-order valence-electron chi connectivity index (χ2n) is 3.69. The highest BCUT2D eigenvalue weighted by Gasteiger charge is 2.09. The number of hydrogen-bond acceptors (Lipinski definition) is 4. The SMILES string of the molecule is CCNc1cc(Nc2c(Cl)cc(F)cc2Cl)ncn1. The van der Waals surface area contributed by atoms with Gasteiger partial charge in [-0.05, 0) is 19.1 Å². The number of halogens is 3. The highest BCUT2D eigenvalue weighted by molar-refractivity contribution is 6.39. The Morgan fingerprint density at radius 2 is 1.74 bits per heavy atom. The van der Waals surface area contributed by atoms with Gasteiger partial charge >= 0.3 is 0 Å². The molecule has 0 atom stereocenters. The number of rotatable bonds is 4. The van der Waals surface area contributed by atoms with Gasteiger partial charge in [-0.15, -0.1) is 0 Å².